The van der Waals surface area contributed by atoms with Crippen LogP contribution in [0.3, 0.4) is 0 Å². The summed E-state index contributed by atoms with van der Waals surface area (Å²) in [7, 11) is 28.0. The molecule has 2 nitrogen and oxygen atoms in total. The Balaban J connectivity index is 2.33. The molecular weight excluding hydrogens is 230 g/mol. The van der Waals surface area contributed by atoms with Crippen LogP contribution in [0.15, 0.2) is 18.2 Å². The molecule has 0 aliphatic carbocycles. The molecule has 0 atom stereocenters. The Bertz CT molecular complexity index is 462. The summed E-state index contributed by atoms with van der Waals surface area (Å²) in [5, 5.41) is -1.10. The highest BCUT2D eigenvalue weighted by atomic mass is 19.1. The first-order valence-corrected chi connectivity index (χ1v) is 4.96. The molecule has 1 fully saturated rings. The van der Waals surface area contributed by atoms with Crippen LogP contribution < -0.4 is 10.1 Å². The number of rotatable bonds is 2. The molecule has 1 saturated heterocycles. The largest absolute Gasteiger partial charge is 0.497 e. The first kappa shape index (κ1) is 13.6. The molecule has 1 aliphatic heterocycles. The first-order chi connectivity index (χ1) is 8.07. The maximum Gasteiger partial charge on any atom is 0.132 e. The van der Waals surface area contributed by atoms with Gasteiger partial charge in [-0.2, -0.15) is 0 Å². The fourth-order valence-electron chi connectivity index (χ4n) is 1.75. The number of benzene rings is 1. The van der Waals surface area contributed by atoms with Gasteiger partial charge in [0.05, 0.1) is 36.9 Å². The Morgan fingerprint density at radius 2 is 1.33 bits per heavy atom. The van der Waals surface area contributed by atoms with Gasteiger partial charge in [-0.1, -0.05) is 0 Å². The van der Waals surface area contributed by atoms with Gasteiger partial charge in [-0.25, -0.2) is 8.78 Å². The Morgan fingerprint density at radius 3 is 1.72 bits per heavy atom. The highest BCUT2D eigenvalue weighted by molar-refractivity contribution is 6.56. The Labute approximate surface area is 110 Å². The van der Waals surface area contributed by atoms with Crippen LogP contribution in [0.4, 0.5) is 8.78 Å². The lowest BCUT2D eigenvalue weighted by molar-refractivity contribution is 0.0181. The molecule has 0 saturated carbocycles. The Kier molecular flexibility index (Phi) is 2.89. The Morgan fingerprint density at radius 1 is 0.889 bits per heavy atom. The quantitative estimate of drug-likeness (QED) is 0.649. The van der Waals surface area contributed by atoms with Crippen molar-refractivity contribution in [3.8, 4) is 5.75 Å². The van der Waals surface area contributed by atoms with Gasteiger partial charge in [0.25, 0.3) is 0 Å². The lowest BCUT2D eigenvalue weighted by Crippen LogP contribution is -2.94. The van der Waals surface area contributed by atoms with Crippen LogP contribution in [-0.4, -0.2) is 55.4 Å². The van der Waals surface area contributed by atoms with Gasteiger partial charge in [0, 0.05) is 18.2 Å². The van der Waals surface area contributed by atoms with E-state index in [4.69, 9.17) is 44.0 Å². The SMILES string of the molecule is [B]C1([B])NC([B])([B])C1([B])Oc1cc(F)cc(F)c1. The van der Waals surface area contributed by atoms with Gasteiger partial charge in [0.15, 0.2) is 0 Å². The van der Waals surface area contributed by atoms with Crippen LogP contribution in [0.25, 0.3) is 0 Å². The van der Waals surface area contributed by atoms with E-state index in [9.17, 15) is 8.78 Å². The summed E-state index contributed by atoms with van der Waals surface area (Å²) in [5.74, 6) is -1.92. The summed E-state index contributed by atoms with van der Waals surface area (Å²) in [6.07, 6.45) is 0. The van der Waals surface area contributed by atoms with E-state index in [1.54, 1.807) is 0 Å². The van der Waals surface area contributed by atoms with Crippen LogP contribution in [0.1, 0.15) is 0 Å². The van der Waals surface area contributed by atoms with E-state index in [0.717, 1.165) is 12.1 Å². The molecule has 0 aromatic heterocycles. The fraction of sp³-hybridized carbons (Fsp3) is 0.333. The number of nitrogens with one attached hydrogen (secondary N) is 1. The molecule has 1 aromatic rings. The standard InChI is InChI=1S/C9H4B5F2NO/c10-7(8(11,12)17-9(7,13)14)18-6-2-4(15)1-5(16)3-6/h1-3,17H. The second kappa shape index (κ2) is 3.83. The topological polar surface area (TPSA) is 21.3 Å². The number of hydrogen-bond acceptors (Lipinski definition) is 2. The summed E-state index contributed by atoms with van der Waals surface area (Å²) in [5.41, 5.74) is -1.93. The molecule has 10 radical (unpaired) electrons. The van der Waals surface area contributed by atoms with Crippen LogP contribution >= 0.6 is 0 Å². The summed E-state index contributed by atoms with van der Waals surface area (Å²) >= 11 is 0. The van der Waals surface area contributed by atoms with Crippen molar-refractivity contribution in [3.05, 3.63) is 29.8 Å². The maximum absolute atomic E-state index is 13.0. The molecule has 0 bridgehead atoms. The minimum atomic E-state index is -1.93. The van der Waals surface area contributed by atoms with Crippen molar-refractivity contribution in [2.24, 2.45) is 0 Å². The van der Waals surface area contributed by atoms with E-state index in [2.05, 4.69) is 5.32 Å². The van der Waals surface area contributed by atoms with Gasteiger partial charge in [-0.05, 0) is 10.7 Å². The van der Waals surface area contributed by atoms with Crippen molar-refractivity contribution >= 4 is 39.2 Å². The second-order valence-corrected chi connectivity index (χ2v) is 4.31. The molecule has 2 rings (SSSR count). The minimum absolute atomic E-state index is 0.225. The smallest absolute Gasteiger partial charge is 0.132 e. The number of hydrogen-bond donors (Lipinski definition) is 1. The third-order valence-electron chi connectivity index (χ3n) is 2.76. The molecule has 9 heteroatoms. The van der Waals surface area contributed by atoms with Gasteiger partial charge in [0.1, 0.15) is 25.2 Å². The van der Waals surface area contributed by atoms with E-state index >= 15 is 0 Å². The molecule has 1 heterocycles. The lowest BCUT2D eigenvalue weighted by Gasteiger charge is -2.69. The molecule has 0 spiro atoms. The molecule has 0 amide bonds. The molecular formula is C9H4B5F2NO. The highest BCUT2D eigenvalue weighted by Gasteiger charge is 2.61. The van der Waals surface area contributed by atoms with Gasteiger partial charge in [-0.15, -0.1) is 0 Å². The zero-order valence-corrected chi connectivity index (χ0v) is 9.28. The van der Waals surface area contributed by atoms with Gasteiger partial charge in [-0.3, -0.25) is 0 Å². The van der Waals surface area contributed by atoms with Gasteiger partial charge < -0.3 is 10.1 Å². The predicted octanol–water partition coefficient (Wildman–Crippen LogP) is -1.21. The molecule has 1 aliphatic rings. The normalized spacial score (nSPS) is 23.0. The lowest BCUT2D eigenvalue weighted by atomic mass is 9.27. The van der Waals surface area contributed by atoms with Crippen LogP contribution in [0.5, 0.6) is 5.75 Å². The van der Waals surface area contributed by atoms with E-state index in [1.165, 1.54) is 0 Å². The predicted molar refractivity (Wildman–Crippen MR) is 67.1 cm³/mol. The van der Waals surface area contributed by atoms with Crippen LogP contribution in [-0.2, 0) is 0 Å². The van der Waals surface area contributed by atoms with Crippen molar-refractivity contribution in [1.82, 2.24) is 5.32 Å². The fourth-order valence-corrected chi connectivity index (χ4v) is 1.75. The van der Waals surface area contributed by atoms with Crippen molar-refractivity contribution in [1.29, 1.82) is 0 Å². The molecule has 0 unspecified atom stereocenters. The van der Waals surface area contributed by atoms with Gasteiger partial charge in [0.2, 0.25) is 0 Å². The highest BCUT2D eigenvalue weighted by Crippen LogP contribution is 2.38. The summed E-state index contributed by atoms with van der Waals surface area (Å²) in [4.78, 5) is 0. The third-order valence-corrected chi connectivity index (χ3v) is 2.76. The summed E-state index contributed by atoms with van der Waals surface area (Å²) in [6, 6.07) is 2.48. The van der Waals surface area contributed by atoms with Crippen molar-refractivity contribution in [3.63, 3.8) is 0 Å². The molecule has 1 N–H and O–H groups in total. The maximum atomic E-state index is 13.0. The summed E-state index contributed by atoms with van der Waals surface area (Å²) in [6.45, 7) is 0. The van der Waals surface area contributed by atoms with E-state index in [0.29, 0.717) is 6.07 Å². The molecule has 80 valence electrons. The van der Waals surface area contributed by atoms with Crippen molar-refractivity contribution < 1.29 is 13.5 Å². The number of halogens is 2. The van der Waals surface area contributed by atoms with Gasteiger partial charge >= 0.3 is 0 Å². The van der Waals surface area contributed by atoms with E-state index in [-0.39, 0.29) is 5.75 Å². The van der Waals surface area contributed by atoms with Crippen LogP contribution in [0.2, 0.25) is 0 Å². The third kappa shape index (κ3) is 1.89. The minimum Gasteiger partial charge on any atom is -0.497 e. The number of ether oxygens (including phenoxy) is 1. The first-order valence-electron chi connectivity index (χ1n) is 4.96. The average Bonchev–Trinajstić information content (AvgIpc) is 2.13. The van der Waals surface area contributed by atoms with Crippen molar-refractivity contribution in [2.75, 3.05) is 0 Å². The van der Waals surface area contributed by atoms with Crippen molar-refractivity contribution in [2.45, 2.75) is 16.2 Å². The zero-order valence-electron chi connectivity index (χ0n) is 9.28. The summed E-state index contributed by atoms with van der Waals surface area (Å²) < 4.78 is 31.2. The Hall–Kier alpha value is -0.835. The van der Waals surface area contributed by atoms with E-state index < -0.39 is 27.8 Å². The zero-order chi connectivity index (χ0) is 13.8. The van der Waals surface area contributed by atoms with E-state index in [1.807, 2.05) is 0 Å². The average molecular weight is 234 g/mol. The molecule has 1 aromatic carbocycles. The molecule has 18 heavy (non-hydrogen) atoms. The second-order valence-electron chi connectivity index (χ2n) is 4.31. The van der Waals surface area contributed by atoms with Crippen LogP contribution in [0, 0.1) is 11.6 Å². The monoisotopic (exact) mass is 235 g/mol.